The molecule has 7 N–H and O–H groups in total. The predicted molar refractivity (Wildman–Crippen MR) is 181 cm³/mol. The van der Waals surface area contributed by atoms with E-state index in [2.05, 4.69) is 33.5 Å². The summed E-state index contributed by atoms with van der Waals surface area (Å²) in [5.41, 5.74) is 0. The van der Waals surface area contributed by atoms with E-state index in [0.29, 0.717) is 12.8 Å². The number of aliphatic hydroxyl groups excluding tert-OH is 2. The average molecular weight is 656 g/mol. The summed E-state index contributed by atoms with van der Waals surface area (Å²) in [5, 5.41) is 32.0. The Hall–Kier alpha value is -2.73. The monoisotopic (exact) mass is 655 g/mol. The summed E-state index contributed by atoms with van der Waals surface area (Å²) < 4.78 is 0. The highest BCUT2D eigenvalue weighted by Crippen LogP contribution is 2.13. The van der Waals surface area contributed by atoms with E-state index in [-0.39, 0.29) is 31.1 Å². The molecule has 12 nitrogen and oxygen atoms in total. The summed E-state index contributed by atoms with van der Waals surface area (Å²) in [6.45, 7) is 6.56. The number of carbonyl (C=O) groups is 5. The molecule has 46 heavy (non-hydrogen) atoms. The van der Waals surface area contributed by atoms with Gasteiger partial charge in [-0.2, -0.15) is 0 Å². The van der Waals surface area contributed by atoms with Crippen LogP contribution in [-0.2, 0) is 24.0 Å². The zero-order valence-electron chi connectivity index (χ0n) is 29.3. The molecule has 0 aromatic heterocycles. The number of nitrogens with one attached hydrogen (secondary N) is 5. The van der Waals surface area contributed by atoms with E-state index in [1.165, 1.54) is 64.8 Å². The molecule has 4 atom stereocenters. The van der Waals surface area contributed by atoms with Crippen LogP contribution in [0.4, 0.5) is 0 Å². The molecule has 0 aliphatic rings. The summed E-state index contributed by atoms with van der Waals surface area (Å²) in [7, 11) is 1.38. The molecule has 0 rings (SSSR count). The highest BCUT2D eigenvalue weighted by Gasteiger charge is 2.31. The van der Waals surface area contributed by atoms with Gasteiger partial charge >= 0.3 is 0 Å². The van der Waals surface area contributed by atoms with Crippen LogP contribution in [0, 0.1) is 5.92 Å². The van der Waals surface area contributed by atoms with Gasteiger partial charge in [0.2, 0.25) is 29.5 Å². The van der Waals surface area contributed by atoms with Gasteiger partial charge in [0.25, 0.3) is 0 Å². The normalized spacial score (nSPS) is 13.7. The second-order valence-corrected chi connectivity index (χ2v) is 12.7. The van der Waals surface area contributed by atoms with Crippen molar-refractivity contribution in [1.29, 1.82) is 0 Å². The standard InChI is InChI=1S/C34H65N5O7/c1-6-8-9-10-11-12-13-14-15-16-17-18-19-21-30(42)36-29(24-41)34(46)37-26(20-7-2)32(44)38-27(22-25(3)4)33(45)39-28(23-40)31(43)35-5/h25-29,40-41H,6-24H2,1-5H3,(H,35,43)(H,36,42)(H,37,46)(H,38,44)(H,39,45)/t26-,27-,28-,29-/m0/s1. The van der Waals surface area contributed by atoms with Crippen LogP contribution in [0.2, 0.25) is 0 Å². The summed E-state index contributed by atoms with van der Waals surface area (Å²) >= 11 is 0. The third-order valence-corrected chi connectivity index (χ3v) is 7.95. The number of unbranched alkanes of at least 4 members (excludes halogenated alkanes) is 12. The second kappa shape index (κ2) is 27.4. The maximum absolute atomic E-state index is 13.2. The van der Waals surface area contributed by atoms with Crippen LogP contribution < -0.4 is 26.6 Å². The first-order chi connectivity index (χ1) is 22.0. The lowest BCUT2D eigenvalue weighted by Gasteiger charge is -2.26. The lowest BCUT2D eigenvalue weighted by Crippen LogP contribution is -2.59. The smallest absolute Gasteiger partial charge is 0.245 e. The summed E-state index contributed by atoms with van der Waals surface area (Å²) in [5.74, 6) is -2.84. The minimum atomic E-state index is -1.21. The molecule has 5 amide bonds. The van der Waals surface area contributed by atoms with Crippen molar-refractivity contribution in [2.45, 2.75) is 161 Å². The molecule has 0 saturated carbocycles. The lowest BCUT2D eigenvalue weighted by molar-refractivity contribution is -0.135. The van der Waals surface area contributed by atoms with Crippen molar-refractivity contribution in [2.75, 3.05) is 20.3 Å². The molecule has 0 bridgehead atoms. The third-order valence-electron chi connectivity index (χ3n) is 7.95. The van der Waals surface area contributed by atoms with E-state index in [9.17, 15) is 34.2 Å². The van der Waals surface area contributed by atoms with E-state index in [1.54, 1.807) is 0 Å². The Morgan fingerprint density at radius 2 is 0.935 bits per heavy atom. The fraction of sp³-hybridized carbons (Fsp3) is 0.853. The van der Waals surface area contributed by atoms with Gasteiger partial charge in [0.1, 0.15) is 24.2 Å². The number of likely N-dealkylation sites (N-methyl/N-ethyl adjacent to an activating group) is 1. The van der Waals surface area contributed by atoms with E-state index in [4.69, 9.17) is 0 Å². The minimum Gasteiger partial charge on any atom is -0.394 e. The van der Waals surface area contributed by atoms with Crippen LogP contribution in [0.25, 0.3) is 0 Å². The van der Waals surface area contributed by atoms with Gasteiger partial charge in [0.15, 0.2) is 0 Å². The largest absolute Gasteiger partial charge is 0.394 e. The predicted octanol–water partition coefficient (Wildman–Crippen LogP) is 2.98. The molecule has 0 fully saturated rings. The molecular formula is C34H65N5O7. The van der Waals surface area contributed by atoms with Gasteiger partial charge in [0.05, 0.1) is 13.2 Å². The fourth-order valence-corrected chi connectivity index (χ4v) is 5.21. The lowest BCUT2D eigenvalue weighted by atomic mass is 10.0. The van der Waals surface area contributed by atoms with E-state index < -0.39 is 61.0 Å². The summed E-state index contributed by atoms with van der Waals surface area (Å²) in [4.78, 5) is 63.5. The Bertz CT molecular complexity index is 871. The molecule has 0 aliphatic heterocycles. The quantitative estimate of drug-likeness (QED) is 0.0632. The van der Waals surface area contributed by atoms with Crippen molar-refractivity contribution in [3.05, 3.63) is 0 Å². The highest BCUT2D eigenvalue weighted by atomic mass is 16.3. The van der Waals surface area contributed by atoms with Gasteiger partial charge < -0.3 is 36.8 Å². The van der Waals surface area contributed by atoms with Gasteiger partial charge in [-0.1, -0.05) is 111 Å². The second-order valence-electron chi connectivity index (χ2n) is 12.7. The molecule has 0 saturated heterocycles. The molecule has 0 aliphatic carbocycles. The highest BCUT2D eigenvalue weighted by molar-refractivity contribution is 5.95. The topological polar surface area (TPSA) is 186 Å². The summed E-state index contributed by atoms with van der Waals surface area (Å²) in [6.07, 6.45) is 16.8. The van der Waals surface area contributed by atoms with Gasteiger partial charge in [-0.25, -0.2) is 0 Å². The van der Waals surface area contributed by atoms with Crippen LogP contribution >= 0.6 is 0 Å². The van der Waals surface area contributed by atoms with Gasteiger partial charge in [-0.05, 0) is 25.2 Å². The average Bonchev–Trinajstić information content (AvgIpc) is 3.03. The van der Waals surface area contributed by atoms with Crippen molar-refractivity contribution in [3.63, 3.8) is 0 Å². The molecule has 0 radical (unpaired) electrons. The molecule has 268 valence electrons. The minimum absolute atomic E-state index is 0.00623. The fourth-order valence-electron chi connectivity index (χ4n) is 5.21. The Balaban J connectivity index is 4.77. The van der Waals surface area contributed by atoms with Crippen molar-refractivity contribution in [3.8, 4) is 0 Å². The molecule has 12 heteroatoms. The molecule has 0 heterocycles. The number of hydrogen-bond acceptors (Lipinski definition) is 7. The van der Waals surface area contributed by atoms with Crippen LogP contribution in [-0.4, -0.2) is 84.2 Å². The number of hydrogen-bond donors (Lipinski definition) is 7. The van der Waals surface area contributed by atoms with Crippen LogP contribution in [0.1, 0.15) is 137 Å². The van der Waals surface area contributed by atoms with Crippen molar-refractivity contribution < 1.29 is 34.2 Å². The molecule has 0 aromatic rings. The summed E-state index contributed by atoms with van der Waals surface area (Å²) in [6, 6.07) is -4.42. The Morgan fingerprint density at radius 1 is 0.522 bits per heavy atom. The van der Waals surface area contributed by atoms with Crippen molar-refractivity contribution >= 4 is 29.5 Å². The molecular weight excluding hydrogens is 590 g/mol. The van der Waals surface area contributed by atoms with Gasteiger partial charge in [0, 0.05) is 13.5 Å². The molecule has 0 unspecified atom stereocenters. The van der Waals surface area contributed by atoms with E-state index in [1.807, 2.05) is 20.8 Å². The SMILES string of the molecule is CCCCCCCCCCCCCCCC(=O)N[C@@H](CO)C(=O)N[C@@H](CCC)C(=O)N[C@@H](CC(C)C)C(=O)N[C@@H](CO)C(=O)NC. The van der Waals surface area contributed by atoms with Crippen molar-refractivity contribution in [1.82, 2.24) is 26.6 Å². The van der Waals surface area contributed by atoms with E-state index >= 15 is 0 Å². The first-order valence-electron chi connectivity index (χ1n) is 17.7. The number of carbonyl (C=O) groups excluding carboxylic acids is 5. The molecule has 0 aromatic carbocycles. The Labute approximate surface area is 277 Å². The first kappa shape index (κ1) is 43.3. The van der Waals surface area contributed by atoms with Crippen LogP contribution in [0.5, 0.6) is 0 Å². The Kier molecular flexibility index (Phi) is 25.8. The number of aliphatic hydroxyl groups is 2. The number of rotatable bonds is 28. The van der Waals surface area contributed by atoms with Crippen LogP contribution in [0.3, 0.4) is 0 Å². The van der Waals surface area contributed by atoms with Crippen molar-refractivity contribution in [2.24, 2.45) is 5.92 Å². The van der Waals surface area contributed by atoms with Crippen LogP contribution in [0.15, 0.2) is 0 Å². The zero-order chi connectivity index (χ0) is 34.7. The van der Waals surface area contributed by atoms with Gasteiger partial charge in [-0.15, -0.1) is 0 Å². The molecule has 0 spiro atoms. The zero-order valence-corrected chi connectivity index (χ0v) is 29.3. The number of amides is 5. The maximum atomic E-state index is 13.2. The third kappa shape index (κ3) is 20.4. The first-order valence-corrected chi connectivity index (χ1v) is 17.7. The Morgan fingerprint density at radius 3 is 1.39 bits per heavy atom. The van der Waals surface area contributed by atoms with Gasteiger partial charge in [-0.3, -0.25) is 24.0 Å². The maximum Gasteiger partial charge on any atom is 0.245 e. The van der Waals surface area contributed by atoms with E-state index in [0.717, 1.165) is 19.3 Å².